The van der Waals surface area contributed by atoms with Crippen molar-refractivity contribution in [1.82, 2.24) is 26.2 Å². The van der Waals surface area contributed by atoms with Gasteiger partial charge in [-0.15, -0.1) is 0 Å². The van der Waals surface area contributed by atoms with Gasteiger partial charge in [-0.25, -0.2) is 0 Å². The lowest BCUT2D eigenvalue weighted by molar-refractivity contribution is -0.140. The summed E-state index contributed by atoms with van der Waals surface area (Å²) in [7, 11) is 0. The molecule has 5 amide bonds. The van der Waals surface area contributed by atoms with Crippen molar-refractivity contribution in [1.29, 1.82) is 0 Å². The van der Waals surface area contributed by atoms with Crippen molar-refractivity contribution >= 4 is 35.5 Å². The number of ether oxygens (including phenoxy) is 1. The highest BCUT2D eigenvalue weighted by Crippen LogP contribution is 2.24. The highest BCUT2D eigenvalue weighted by atomic mass is 16.5. The van der Waals surface area contributed by atoms with Crippen LogP contribution >= 0.6 is 0 Å². The fraction of sp³-hybridized carbons (Fsp3) is 0.786. The van der Waals surface area contributed by atoms with Gasteiger partial charge in [-0.3, -0.25) is 28.8 Å². The van der Waals surface area contributed by atoms with Crippen LogP contribution in [0.2, 0.25) is 0 Å². The monoisotopic (exact) mass is 585 g/mol. The summed E-state index contributed by atoms with van der Waals surface area (Å²) in [6, 6.07) is -0.230. The van der Waals surface area contributed by atoms with E-state index in [0.29, 0.717) is 6.42 Å². The molecule has 0 aliphatic heterocycles. The summed E-state index contributed by atoms with van der Waals surface area (Å²) in [6.45, 7) is 14.4. The molecule has 13 heteroatoms. The maximum Gasteiger partial charge on any atom is 0.303 e. The number of carbonyl (C=O) groups is 6. The molecule has 0 aromatic heterocycles. The molecule has 0 radical (unpaired) electrons. The number of rotatable bonds is 20. The topological polar surface area (TPSA) is 183 Å². The Labute approximate surface area is 243 Å². The molecule has 0 atom stereocenters. The third kappa shape index (κ3) is 18.7. The van der Waals surface area contributed by atoms with Crippen LogP contribution in [0.4, 0.5) is 0 Å². The molecular formula is C28H51N5O8. The molecule has 0 heterocycles. The van der Waals surface area contributed by atoms with Crippen molar-refractivity contribution < 1.29 is 38.6 Å². The maximum atomic E-state index is 12.8. The molecule has 0 aliphatic rings. The second-order valence-corrected chi connectivity index (χ2v) is 12.2. The Kier molecular flexibility index (Phi) is 16.8. The molecule has 0 aromatic carbocycles. The minimum absolute atomic E-state index is 0.0420. The highest BCUT2D eigenvalue weighted by molar-refractivity contribution is 5.89. The first-order valence-corrected chi connectivity index (χ1v) is 14.1. The summed E-state index contributed by atoms with van der Waals surface area (Å²) < 4.78 is 5.54. The van der Waals surface area contributed by atoms with E-state index >= 15 is 0 Å². The van der Waals surface area contributed by atoms with Crippen molar-refractivity contribution in [2.24, 2.45) is 10.8 Å². The van der Waals surface area contributed by atoms with Gasteiger partial charge in [-0.1, -0.05) is 27.7 Å². The Bertz CT molecular complexity index is 878. The zero-order valence-electron chi connectivity index (χ0n) is 26.0. The van der Waals surface area contributed by atoms with Gasteiger partial charge in [0.2, 0.25) is 29.5 Å². The van der Waals surface area contributed by atoms with Crippen LogP contribution in [0.5, 0.6) is 0 Å². The van der Waals surface area contributed by atoms with E-state index in [4.69, 9.17) is 9.84 Å². The summed E-state index contributed by atoms with van der Waals surface area (Å²) in [5, 5.41) is 19.8. The molecule has 0 spiro atoms. The van der Waals surface area contributed by atoms with Crippen molar-refractivity contribution in [3.05, 3.63) is 0 Å². The molecule has 236 valence electrons. The second-order valence-electron chi connectivity index (χ2n) is 12.2. The van der Waals surface area contributed by atoms with Crippen LogP contribution in [-0.4, -0.2) is 97.0 Å². The molecule has 0 bridgehead atoms. The van der Waals surface area contributed by atoms with Crippen LogP contribution in [0.25, 0.3) is 0 Å². The number of carbonyl (C=O) groups excluding carboxylic acids is 5. The van der Waals surface area contributed by atoms with Gasteiger partial charge in [0.25, 0.3) is 0 Å². The first-order chi connectivity index (χ1) is 18.8. The first kappa shape index (κ1) is 37.8. The third-order valence-corrected chi connectivity index (χ3v) is 5.87. The van der Waals surface area contributed by atoms with Gasteiger partial charge >= 0.3 is 5.97 Å². The molecule has 0 unspecified atom stereocenters. The average Bonchev–Trinajstić information content (AvgIpc) is 2.78. The Morgan fingerprint density at radius 1 is 0.756 bits per heavy atom. The molecular weight excluding hydrogens is 534 g/mol. The number of carboxylic acid groups (broad SMARTS) is 1. The van der Waals surface area contributed by atoms with Gasteiger partial charge < -0.3 is 36.0 Å². The Morgan fingerprint density at radius 3 is 1.78 bits per heavy atom. The molecule has 41 heavy (non-hydrogen) atoms. The van der Waals surface area contributed by atoms with Gasteiger partial charge in [0.15, 0.2) is 0 Å². The third-order valence-electron chi connectivity index (χ3n) is 5.87. The molecule has 5 N–H and O–H groups in total. The lowest BCUT2D eigenvalue weighted by atomic mass is 9.85. The Balaban J connectivity index is 4.57. The standard InChI is InChI=1S/C28H51N5O8/c1-19(2)31-22(35)17-33(18-23(36)32-20(3)4)24(37)9-11-30-26(40)28(7,8)10-13-41-14-12-29-21(34)15-27(5,6)16-25(38)39/h19-20H,9-18H2,1-8H3,(H,29,34)(H,30,40)(H,31,35)(H,32,36)(H,38,39). The number of hydrogen-bond donors (Lipinski definition) is 5. The number of hydrogen-bond acceptors (Lipinski definition) is 7. The van der Waals surface area contributed by atoms with Gasteiger partial charge in [-0.05, 0) is 39.5 Å². The predicted octanol–water partition coefficient (Wildman–Crippen LogP) is 0.811. The maximum absolute atomic E-state index is 12.8. The minimum atomic E-state index is -0.955. The normalized spacial score (nSPS) is 11.7. The van der Waals surface area contributed by atoms with Gasteiger partial charge in [-0.2, -0.15) is 0 Å². The fourth-order valence-electron chi connectivity index (χ4n) is 3.77. The Morgan fingerprint density at radius 2 is 1.29 bits per heavy atom. The average molecular weight is 586 g/mol. The van der Waals surface area contributed by atoms with E-state index in [1.54, 1.807) is 55.4 Å². The quantitative estimate of drug-likeness (QED) is 0.130. The van der Waals surface area contributed by atoms with Crippen LogP contribution < -0.4 is 21.3 Å². The SMILES string of the molecule is CC(C)NC(=O)CN(CC(=O)NC(C)C)C(=O)CCNC(=O)C(C)(C)CCOCCNC(=O)CC(C)(C)CC(=O)O. The van der Waals surface area contributed by atoms with Crippen LogP contribution in [0.1, 0.15) is 81.1 Å². The predicted molar refractivity (Wildman–Crippen MR) is 154 cm³/mol. The van der Waals surface area contributed by atoms with Crippen molar-refractivity contribution in [3.63, 3.8) is 0 Å². The number of amides is 5. The van der Waals surface area contributed by atoms with Crippen molar-refractivity contribution in [2.75, 3.05) is 39.4 Å². The summed E-state index contributed by atoms with van der Waals surface area (Å²) in [4.78, 5) is 74.0. The van der Waals surface area contributed by atoms with Crippen LogP contribution in [0.15, 0.2) is 0 Å². The van der Waals surface area contributed by atoms with E-state index in [1.165, 1.54) is 4.90 Å². The molecule has 0 fully saturated rings. The van der Waals surface area contributed by atoms with E-state index in [2.05, 4.69) is 21.3 Å². The second kappa shape index (κ2) is 18.3. The molecule has 13 nitrogen and oxygen atoms in total. The number of nitrogens with zero attached hydrogens (tertiary/aromatic N) is 1. The zero-order chi connectivity index (χ0) is 31.8. The molecule has 0 rings (SSSR count). The number of carboxylic acids is 1. The van der Waals surface area contributed by atoms with Crippen molar-refractivity contribution in [3.8, 4) is 0 Å². The zero-order valence-corrected chi connectivity index (χ0v) is 26.0. The van der Waals surface area contributed by atoms with Gasteiger partial charge in [0, 0.05) is 50.0 Å². The largest absolute Gasteiger partial charge is 0.481 e. The van der Waals surface area contributed by atoms with Crippen LogP contribution in [0, 0.1) is 10.8 Å². The summed E-state index contributed by atoms with van der Waals surface area (Å²) >= 11 is 0. The lowest BCUT2D eigenvalue weighted by Gasteiger charge is -2.25. The summed E-state index contributed by atoms with van der Waals surface area (Å²) in [6.07, 6.45) is 0.295. The van der Waals surface area contributed by atoms with Crippen molar-refractivity contribution in [2.45, 2.75) is 93.2 Å². The summed E-state index contributed by atoms with van der Waals surface area (Å²) in [5.74, 6) is -2.67. The molecule has 0 aliphatic carbocycles. The summed E-state index contributed by atoms with van der Waals surface area (Å²) in [5.41, 5.74) is -1.44. The Hall–Kier alpha value is -3.22. The number of nitrogens with one attached hydrogen (secondary N) is 4. The lowest BCUT2D eigenvalue weighted by Crippen LogP contribution is -2.48. The van der Waals surface area contributed by atoms with E-state index < -0.39 is 22.7 Å². The molecule has 0 aromatic rings. The fourth-order valence-corrected chi connectivity index (χ4v) is 3.77. The first-order valence-electron chi connectivity index (χ1n) is 14.1. The number of aliphatic carboxylic acids is 1. The van der Waals surface area contributed by atoms with E-state index in [1.807, 2.05) is 0 Å². The van der Waals surface area contributed by atoms with Crippen LogP contribution in [-0.2, 0) is 33.5 Å². The highest BCUT2D eigenvalue weighted by Gasteiger charge is 2.28. The minimum Gasteiger partial charge on any atom is -0.481 e. The van der Waals surface area contributed by atoms with E-state index in [9.17, 15) is 28.8 Å². The van der Waals surface area contributed by atoms with E-state index in [-0.39, 0.29) is 94.4 Å². The van der Waals surface area contributed by atoms with E-state index in [0.717, 1.165) is 0 Å². The molecule has 0 saturated heterocycles. The molecule has 0 saturated carbocycles. The van der Waals surface area contributed by atoms with Gasteiger partial charge in [0.1, 0.15) is 13.1 Å². The smallest absolute Gasteiger partial charge is 0.303 e. The van der Waals surface area contributed by atoms with Crippen LogP contribution in [0.3, 0.4) is 0 Å². The van der Waals surface area contributed by atoms with Gasteiger partial charge in [0.05, 0.1) is 13.0 Å².